The van der Waals surface area contributed by atoms with Gasteiger partial charge in [0.15, 0.2) is 9.84 Å². The van der Waals surface area contributed by atoms with E-state index in [0.29, 0.717) is 16.8 Å². The lowest BCUT2D eigenvalue weighted by Crippen LogP contribution is -2.45. The van der Waals surface area contributed by atoms with Gasteiger partial charge in [-0.15, -0.1) is 23.4 Å². The molecule has 10 nitrogen and oxygen atoms in total. The first-order valence-corrected chi connectivity index (χ1v) is 14.7. The van der Waals surface area contributed by atoms with E-state index in [9.17, 15) is 39.6 Å². The second-order valence-corrected chi connectivity index (χ2v) is 12.7. The molecule has 17 heteroatoms. The summed E-state index contributed by atoms with van der Waals surface area (Å²) >= 11 is 0. The molecule has 0 aliphatic carbocycles. The molecule has 0 bridgehead atoms. The minimum absolute atomic E-state index is 0.0633. The average Bonchev–Trinajstić information content (AvgIpc) is 3.44. The Bertz CT molecular complexity index is 1840. The van der Waals surface area contributed by atoms with Gasteiger partial charge in [0.2, 0.25) is 17.7 Å². The Hall–Kier alpha value is -4.51. The molecule has 5 rings (SSSR count). The third-order valence-corrected chi connectivity index (χ3v) is 8.86. The smallest absolute Gasteiger partial charge is 0.420 e. The molecule has 2 aromatic carbocycles. The summed E-state index contributed by atoms with van der Waals surface area (Å²) in [5, 5.41) is 7.26. The van der Waals surface area contributed by atoms with E-state index in [0.717, 1.165) is 31.0 Å². The fourth-order valence-electron chi connectivity index (χ4n) is 4.43. The van der Waals surface area contributed by atoms with E-state index in [4.69, 9.17) is 10.2 Å². The number of anilines is 1. The average molecular weight is 656 g/mol. The van der Waals surface area contributed by atoms with Crippen molar-refractivity contribution in [1.82, 2.24) is 15.2 Å². The van der Waals surface area contributed by atoms with Gasteiger partial charge in [-0.2, -0.15) is 13.2 Å². The van der Waals surface area contributed by atoms with Gasteiger partial charge >= 0.3 is 12.5 Å². The van der Waals surface area contributed by atoms with Crippen LogP contribution >= 0.6 is 0 Å². The highest BCUT2D eigenvalue weighted by molar-refractivity contribution is 7.91. The van der Waals surface area contributed by atoms with Crippen LogP contribution in [0, 0.1) is 0 Å². The summed E-state index contributed by atoms with van der Waals surface area (Å²) in [5.41, 5.74) is 4.83. The van der Waals surface area contributed by atoms with Crippen LogP contribution in [0.2, 0.25) is 0 Å². The number of ether oxygens (including phenoxy) is 1. The quantitative estimate of drug-likeness (QED) is 0.278. The molecular weight excluding hydrogens is 632 g/mol. The second kappa shape index (κ2) is 11.1. The Morgan fingerprint density at radius 1 is 0.978 bits per heavy atom. The number of rotatable bonds is 6. The van der Waals surface area contributed by atoms with Gasteiger partial charge in [0.05, 0.1) is 40.8 Å². The molecule has 45 heavy (non-hydrogen) atoms. The van der Waals surface area contributed by atoms with Crippen molar-refractivity contribution in [2.24, 2.45) is 5.73 Å². The van der Waals surface area contributed by atoms with Crippen molar-refractivity contribution in [3.63, 3.8) is 0 Å². The van der Waals surface area contributed by atoms with E-state index in [-0.39, 0.29) is 28.6 Å². The lowest BCUT2D eigenvalue weighted by molar-refractivity contribution is -0.274. The predicted octanol–water partition coefficient (Wildman–Crippen LogP) is 5.18. The topological polar surface area (TPSA) is 142 Å². The first-order chi connectivity index (χ1) is 20.9. The Kier molecular flexibility index (Phi) is 7.89. The minimum atomic E-state index is -4.87. The van der Waals surface area contributed by atoms with E-state index in [1.54, 1.807) is 24.3 Å². The number of carbonyl (C=O) groups excluding carboxylic acids is 1. The highest BCUT2D eigenvalue weighted by atomic mass is 32.2. The number of pyridine rings is 1. The van der Waals surface area contributed by atoms with Crippen molar-refractivity contribution >= 4 is 21.4 Å². The van der Waals surface area contributed by atoms with Crippen molar-refractivity contribution in [2.75, 3.05) is 10.7 Å². The molecule has 2 N–H and O–H groups in total. The van der Waals surface area contributed by atoms with Gasteiger partial charge < -0.3 is 19.8 Å². The zero-order valence-corrected chi connectivity index (χ0v) is 24.2. The third-order valence-electron chi connectivity index (χ3n) is 7.04. The molecule has 0 radical (unpaired) electrons. The van der Waals surface area contributed by atoms with Gasteiger partial charge in [-0.25, -0.2) is 8.42 Å². The lowest BCUT2D eigenvalue weighted by Gasteiger charge is -2.24. The van der Waals surface area contributed by atoms with Gasteiger partial charge in [0.25, 0.3) is 0 Å². The highest BCUT2D eigenvalue weighted by Crippen LogP contribution is 2.41. The number of alkyl halides is 6. The Balaban J connectivity index is 1.47. The molecule has 2 aromatic heterocycles. The van der Waals surface area contributed by atoms with Gasteiger partial charge in [-0.3, -0.25) is 9.78 Å². The number of sulfone groups is 1. The van der Waals surface area contributed by atoms with Crippen molar-refractivity contribution in [3.8, 4) is 28.5 Å². The van der Waals surface area contributed by atoms with Crippen molar-refractivity contribution < 1.29 is 48.7 Å². The summed E-state index contributed by atoms with van der Waals surface area (Å²) in [6.07, 6.45) is -8.65. The van der Waals surface area contributed by atoms with E-state index in [2.05, 4.69) is 19.9 Å². The molecule has 1 atom stereocenters. The van der Waals surface area contributed by atoms with E-state index in [1.807, 2.05) is 0 Å². The minimum Gasteiger partial charge on any atom is -0.420 e. The largest absolute Gasteiger partial charge is 0.573 e. The Labute approximate surface area is 251 Å². The van der Waals surface area contributed by atoms with E-state index >= 15 is 0 Å². The van der Waals surface area contributed by atoms with Crippen molar-refractivity contribution in [3.05, 3.63) is 72.2 Å². The van der Waals surface area contributed by atoms with Crippen LogP contribution in [-0.4, -0.2) is 53.8 Å². The standard InChI is InChI=1S/C28H23F6N5O5S/c1-26(2,27(29,30)31)25-38-37-23(43-25)17-7-10-22-21(11-17)39(24(40)19(35)14-45(22,41)42)13-15-3-5-16(6-4-15)20-9-8-18(12-36-20)44-28(32,33)34/h3-12,19H,13-14,35H2,1-2H3/t19-/m0/s1. The van der Waals surface area contributed by atoms with Crippen molar-refractivity contribution in [1.29, 1.82) is 0 Å². The predicted molar refractivity (Wildman–Crippen MR) is 146 cm³/mol. The molecule has 0 saturated heterocycles. The van der Waals surface area contributed by atoms with Gasteiger partial charge in [0, 0.05) is 11.1 Å². The summed E-state index contributed by atoms with van der Waals surface area (Å²) in [5.74, 6) is -2.94. The zero-order chi connectivity index (χ0) is 32.9. The molecule has 238 valence electrons. The Morgan fingerprint density at radius 2 is 1.64 bits per heavy atom. The monoisotopic (exact) mass is 655 g/mol. The first-order valence-electron chi connectivity index (χ1n) is 13.0. The molecule has 1 aliphatic heterocycles. The number of nitrogens with two attached hydrogens (primary N) is 1. The van der Waals surface area contributed by atoms with E-state index < -0.39 is 57.1 Å². The van der Waals surface area contributed by atoms with Crippen LogP contribution in [0.4, 0.5) is 32.0 Å². The highest BCUT2D eigenvalue weighted by Gasteiger charge is 2.52. The number of nitrogens with zero attached hydrogens (tertiary/aromatic N) is 4. The maximum absolute atomic E-state index is 13.5. The van der Waals surface area contributed by atoms with Crippen LogP contribution in [0.25, 0.3) is 22.7 Å². The third kappa shape index (κ3) is 6.49. The first kappa shape index (κ1) is 31.9. The molecule has 0 unspecified atom stereocenters. The summed E-state index contributed by atoms with van der Waals surface area (Å²) in [7, 11) is -4.07. The molecule has 3 heterocycles. The molecule has 0 saturated carbocycles. The SMILES string of the molecule is CC(C)(c1nnc(-c2ccc3c(c2)N(Cc2ccc(-c4ccc(OC(F)(F)F)cn4)cc2)C(=O)[C@@H](N)CS3(=O)=O)o1)C(F)(F)F. The molecule has 4 aromatic rings. The number of carbonyl (C=O) groups is 1. The fraction of sp³-hybridized carbons (Fsp3) is 0.286. The molecule has 0 spiro atoms. The number of benzene rings is 2. The summed E-state index contributed by atoms with van der Waals surface area (Å²) in [6.45, 7) is 1.57. The zero-order valence-electron chi connectivity index (χ0n) is 23.3. The number of halogens is 6. The van der Waals surface area contributed by atoms with Crippen LogP contribution in [0.15, 0.2) is 70.1 Å². The maximum atomic E-state index is 13.5. The number of hydrogen-bond donors (Lipinski definition) is 1. The fourth-order valence-corrected chi connectivity index (χ4v) is 5.98. The van der Waals surface area contributed by atoms with E-state index in [1.165, 1.54) is 24.3 Å². The number of aromatic nitrogens is 3. The normalized spacial score (nSPS) is 17.1. The van der Waals surface area contributed by atoms with Crippen LogP contribution < -0.4 is 15.4 Å². The van der Waals surface area contributed by atoms with Crippen LogP contribution in [0.3, 0.4) is 0 Å². The van der Waals surface area contributed by atoms with Gasteiger partial charge in [0.1, 0.15) is 11.2 Å². The van der Waals surface area contributed by atoms with Crippen LogP contribution in [0.1, 0.15) is 25.3 Å². The van der Waals surface area contributed by atoms with Crippen molar-refractivity contribution in [2.45, 2.75) is 49.3 Å². The molecular formula is C28H23F6N5O5S. The number of hydrogen-bond acceptors (Lipinski definition) is 9. The molecule has 1 aliphatic rings. The van der Waals surface area contributed by atoms with Gasteiger partial charge in [-0.05, 0) is 49.7 Å². The van der Waals surface area contributed by atoms with Crippen LogP contribution in [0.5, 0.6) is 5.75 Å². The lowest BCUT2D eigenvalue weighted by atomic mass is 9.93. The maximum Gasteiger partial charge on any atom is 0.573 e. The summed E-state index contributed by atoms with van der Waals surface area (Å²) in [6, 6.07) is 11.1. The molecule has 0 fully saturated rings. The number of amides is 1. The van der Waals surface area contributed by atoms with Crippen LogP contribution in [-0.2, 0) is 26.6 Å². The summed E-state index contributed by atoms with van der Waals surface area (Å²) < 4.78 is 113. The second-order valence-electron chi connectivity index (χ2n) is 10.7. The summed E-state index contributed by atoms with van der Waals surface area (Å²) in [4.78, 5) is 18.3. The number of fused-ring (bicyclic) bond motifs is 1. The molecule has 1 amide bonds. The Morgan fingerprint density at radius 3 is 2.24 bits per heavy atom. The van der Waals surface area contributed by atoms with Gasteiger partial charge in [-0.1, -0.05) is 24.3 Å².